The summed E-state index contributed by atoms with van der Waals surface area (Å²) in [5.74, 6) is 0.736. The molecule has 0 bridgehead atoms. The highest BCUT2D eigenvalue weighted by Crippen LogP contribution is 2.31. The van der Waals surface area contributed by atoms with Gasteiger partial charge in [0.2, 0.25) is 0 Å². The number of fused-ring (bicyclic) bond motifs is 2. The number of amides is 1. The van der Waals surface area contributed by atoms with Gasteiger partial charge in [0.25, 0.3) is 5.91 Å². The van der Waals surface area contributed by atoms with Crippen LogP contribution < -0.4 is 9.47 Å². The highest BCUT2D eigenvalue weighted by Gasteiger charge is 2.32. The fraction of sp³-hybridized carbons (Fsp3) is 0.300. The van der Waals surface area contributed by atoms with Gasteiger partial charge < -0.3 is 19.1 Å². The zero-order valence-corrected chi connectivity index (χ0v) is 14.4. The van der Waals surface area contributed by atoms with Gasteiger partial charge in [0, 0.05) is 20.0 Å². The van der Waals surface area contributed by atoms with Crippen LogP contribution in [0.25, 0.3) is 0 Å². The van der Waals surface area contributed by atoms with Crippen molar-refractivity contribution in [1.29, 1.82) is 0 Å². The standard InChI is InChI=1S/C20H19NO5/c1-21(12-13-6-7-16-17(10-13)25-9-8-24-16)19(22)18-11-14-4-2-3-5-15(14)20(23)26-18/h2-7,10,18H,8-9,11-12H2,1H3/t18-/m1/s1. The summed E-state index contributed by atoms with van der Waals surface area (Å²) in [6.45, 7) is 1.45. The van der Waals surface area contributed by atoms with E-state index < -0.39 is 12.1 Å². The van der Waals surface area contributed by atoms with Crippen molar-refractivity contribution in [2.45, 2.75) is 19.1 Å². The minimum absolute atomic E-state index is 0.220. The molecule has 2 aromatic carbocycles. The van der Waals surface area contributed by atoms with E-state index in [4.69, 9.17) is 14.2 Å². The third-order valence-corrected chi connectivity index (χ3v) is 4.57. The summed E-state index contributed by atoms with van der Waals surface area (Å²) in [5.41, 5.74) is 2.30. The number of carbonyl (C=O) groups excluding carboxylic acids is 2. The van der Waals surface area contributed by atoms with Gasteiger partial charge in [0.15, 0.2) is 17.6 Å². The topological polar surface area (TPSA) is 65.1 Å². The lowest BCUT2D eigenvalue weighted by atomic mass is 9.98. The Kier molecular flexibility index (Phi) is 4.24. The summed E-state index contributed by atoms with van der Waals surface area (Å²) in [4.78, 5) is 26.4. The van der Waals surface area contributed by atoms with E-state index in [-0.39, 0.29) is 5.91 Å². The second kappa shape index (κ2) is 6.71. The number of esters is 1. The maximum atomic E-state index is 12.7. The molecule has 0 radical (unpaired) electrons. The van der Waals surface area contributed by atoms with Crippen LogP contribution in [-0.2, 0) is 22.5 Å². The Labute approximate surface area is 151 Å². The highest BCUT2D eigenvalue weighted by atomic mass is 16.6. The zero-order chi connectivity index (χ0) is 18.1. The molecule has 0 fully saturated rings. The van der Waals surface area contributed by atoms with Crippen LogP contribution >= 0.6 is 0 Å². The van der Waals surface area contributed by atoms with Crippen LogP contribution in [0.15, 0.2) is 42.5 Å². The zero-order valence-electron chi connectivity index (χ0n) is 14.4. The number of likely N-dealkylation sites (N-methyl/N-ethyl adjacent to an activating group) is 1. The molecule has 4 rings (SSSR count). The monoisotopic (exact) mass is 353 g/mol. The second-order valence-electron chi connectivity index (χ2n) is 6.43. The number of rotatable bonds is 3. The first-order valence-electron chi connectivity index (χ1n) is 8.54. The Morgan fingerprint density at radius 1 is 1.12 bits per heavy atom. The van der Waals surface area contributed by atoms with Gasteiger partial charge in [-0.25, -0.2) is 4.79 Å². The van der Waals surface area contributed by atoms with E-state index in [1.165, 1.54) is 0 Å². The predicted octanol–water partition coefficient (Wildman–Crippen LogP) is 2.20. The number of benzene rings is 2. The van der Waals surface area contributed by atoms with Crippen molar-refractivity contribution in [2.24, 2.45) is 0 Å². The van der Waals surface area contributed by atoms with E-state index in [0.717, 1.165) is 11.1 Å². The number of hydrogen-bond donors (Lipinski definition) is 0. The number of carbonyl (C=O) groups is 2. The van der Waals surface area contributed by atoms with Crippen molar-refractivity contribution in [3.05, 3.63) is 59.2 Å². The molecule has 0 aliphatic carbocycles. The normalized spacial score (nSPS) is 17.9. The number of nitrogens with zero attached hydrogens (tertiary/aromatic N) is 1. The van der Waals surface area contributed by atoms with Crippen molar-refractivity contribution in [1.82, 2.24) is 4.90 Å². The molecule has 0 saturated carbocycles. The van der Waals surface area contributed by atoms with Crippen LogP contribution in [0.1, 0.15) is 21.5 Å². The molecular weight excluding hydrogens is 334 g/mol. The summed E-state index contributed by atoms with van der Waals surface area (Å²) >= 11 is 0. The van der Waals surface area contributed by atoms with Crippen LogP contribution in [0.2, 0.25) is 0 Å². The molecule has 0 spiro atoms. The Hall–Kier alpha value is -3.02. The third-order valence-electron chi connectivity index (χ3n) is 4.57. The average molecular weight is 353 g/mol. The number of ether oxygens (including phenoxy) is 3. The lowest BCUT2D eigenvalue weighted by molar-refractivity contribution is -0.140. The summed E-state index contributed by atoms with van der Waals surface area (Å²) in [6, 6.07) is 12.8. The fourth-order valence-corrected chi connectivity index (χ4v) is 3.25. The molecule has 0 unspecified atom stereocenters. The molecule has 0 N–H and O–H groups in total. The van der Waals surface area contributed by atoms with Gasteiger partial charge in [-0.05, 0) is 29.3 Å². The first-order valence-corrected chi connectivity index (χ1v) is 8.54. The Morgan fingerprint density at radius 2 is 1.88 bits per heavy atom. The molecule has 2 heterocycles. The molecule has 1 atom stereocenters. The Bertz CT molecular complexity index is 863. The van der Waals surface area contributed by atoms with Crippen LogP contribution in [0.3, 0.4) is 0 Å². The van der Waals surface area contributed by atoms with E-state index in [1.54, 1.807) is 24.1 Å². The van der Waals surface area contributed by atoms with Crippen LogP contribution in [0.4, 0.5) is 0 Å². The van der Waals surface area contributed by atoms with Crippen molar-refractivity contribution < 1.29 is 23.8 Å². The van der Waals surface area contributed by atoms with E-state index in [2.05, 4.69) is 0 Å². The van der Waals surface area contributed by atoms with Crippen LogP contribution in [0.5, 0.6) is 11.5 Å². The first-order chi connectivity index (χ1) is 12.6. The summed E-state index contributed by atoms with van der Waals surface area (Å²) < 4.78 is 16.4. The van der Waals surface area contributed by atoms with Crippen molar-refractivity contribution in [3.63, 3.8) is 0 Å². The Morgan fingerprint density at radius 3 is 2.73 bits per heavy atom. The quantitative estimate of drug-likeness (QED) is 0.792. The average Bonchev–Trinajstić information content (AvgIpc) is 2.67. The van der Waals surface area contributed by atoms with Gasteiger partial charge in [-0.1, -0.05) is 24.3 Å². The summed E-state index contributed by atoms with van der Waals surface area (Å²) in [5, 5.41) is 0. The van der Waals surface area contributed by atoms with Crippen molar-refractivity contribution in [3.8, 4) is 11.5 Å². The molecule has 26 heavy (non-hydrogen) atoms. The molecule has 134 valence electrons. The molecule has 0 saturated heterocycles. The van der Waals surface area contributed by atoms with Crippen molar-refractivity contribution >= 4 is 11.9 Å². The summed E-state index contributed by atoms with van der Waals surface area (Å²) in [7, 11) is 1.70. The van der Waals surface area contributed by atoms with Gasteiger partial charge in [-0.2, -0.15) is 0 Å². The molecular formula is C20H19NO5. The minimum Gasteiger partial charge on any atom is -0.486 e. The van der Waals surface area contributed by atoms with E-state index in [0.29, 0.717) is 43.2 Å². The lowest BCUT2D eigenvalue weighted by Gasteiger charge is -2.28. The fourth-order valence-electron chi connectivity index (χ4n) is 3.25. The van der Waals surface area contributed by atoms with Crippen LogP contribution in [-0.4, -0.2) is 43.1 Å². The molecule has 2 aromatic rings. The predicted molar refractivity (Wildman–Crippen MR) is 93.3 cm³/mol. The van der Waals surface area contributed by atoms with Gasteiger partial charge in [-0.15, -0.1) is 0 Å². The molecule has 6 nitrogen and oxygen atoms in total. The van der Waals surface area contributed by atoms with Gasteiger partial charge in [0.1, 0.15) is 13.2 Å². The maximum absolute atomic E-state index is 12.7. The third kappa shape index (κ3) is 3.10. The second-order valence-corrected chi connectivity index (χ2v) is 6.43. The molecule has 0 aromatic heterocycles. The van der Waals surface area contributed by atoms with Crippen LogP contribution in [0, 0.1) is 0 Å². The van der Waals surface area contributed by atoms with Crippen molar-refractivity contribution in [2.75, 3.05) is 20.3 Å². The molecule has 2 aliphatic rings. The molecule has 6 heteroatoms. The largest absolute Gasteiger partial charge is 0.486 e. The lowest BCUT2D eigenvalue weighted by Crippen LogP contribution is -2.42. The molecule has 1 amide bonds. The SMILES string of the molecule is CN(Cc1ccc2c(c1)OCCO2)C(=O)[C@H]1Cc2ccccc2C(=O)O1. The van der Waals surface area contributed by atoms with E-state index in [1.807, 2.05) is 30.3 Å². The van der Waals surface area contributed by atoms with Gasteiger partial charge in [0.05, 0.1) is 5.56 Å². The number of cyclic esters (lactones) is 1. The van der Waals surface area contributed by atoms with E-state index >= 15 is 0 Å². The molecule has 2 aliphatic heterocycles. The van der Waals surface area contributed by atoms with Gasteiger partial charge in [-0.3, -0.25) is 4.79 Å². The Balaban J connectivity index is 1.46. The highest BCUT2D eigenvalue weighted by molar-refractivity contribution is 5.95. The smallest absolute Gasteiger partial charge is 0.339 e. The van der Waals surface area contributed by atoms with E-state index in [9.17, 15) is 9.59 Å². The maximum Gasteiger partial charge on any atom is 0.339 e. The van der Waals surface area contributed by atoms with Gasteiger partial charge >= 0.3 is 5.97 Å². The first kappa shape index (κ1) is 16.4. The summed E-state index contributed by atoms with van der Waals surface area (Å²) in [6.07, 6.45) is -0.397. The number of hydrogen-bond acceptors (Lipinski definition) is 5. The minimum atomic E-state index is -0.792.